The maximum absolute atomic E-state index is 11.1. The summed E-state index contributed by atoms with van der Waals surface area (Å²) in [5, 5.41) is 0. The fourth-order valence-electron chi connectivity index (χ4n) is 1.31. The highest BCUT2D eigenvalue weighted by molar-refractivity contribution is 6.35. The summed E-state index contributed by atoms with van der Waals surface area (Å²) in [6, 6.07) is 2.27. The van der Waals surface area contributed by atoms with E-state index in [0.717, 1.165) is 24.9 Å². The van der Waals surface area contributed by atoms with E-state index in [0.29, 0.717) is 24.4 Å². The first-order valence-corrected chi connectivity index (χ1v) is 8.60. The van der Waals surface area contributed by atoms with E-state index in [4.69, 9.17) is 9.47 Å². The number of rotatable bonds is 10. The molecule has 0 N–H and O–H groups in total. The van der Waals surface area contributed by atoms with Crippen LogP contribution < -0.4 is 0 Å². The molecule has 0 aromatic rings. The van der Waals surface area contributed by atoms with Gasteiger partial charge in [0.2, 0.25) is 0 Å². The molecule has 0 saturated heterocycles. The molecule has 0 fully saturated rings. The van der Waals surface area contributed by atoms with Crippen molar-refractivity contribution in [1.29, 1.82) is 0 Å². The van der Waals surface area contributed by atoms with Gasteiger partial charge in [-0.15, -0.1) is 0 Å². The van der Waals surface area contributed by atoms with Crippen molar-refractivity contribution in [2.24, 2.45) is 0 Å². The summed E-state index contributed by atoms with van der Waals surface area (Å²) in [7, 11) is -0.145. The first-order valence-electron chi connectivity index (χ1n) is 6.60. The van der Waals surface area contributed by atoms with Gasteiger partial charge < -0.3 is 9.47 Å². The molecule has 4 nitrogen and oxygen atoms in total. The Balaban J connectivity index is 3.28. The van der Waals surface area contributed by atoms with Gasteiger partial charge in [0.05, 0.1) is 13.2 Å². The van der Waals surface area contributed by atoms with E-state index < -0.39 is 0 Å². The second kappa shape index (κ2) is 10.5. The molecule has 0 aromatic carbocycles. The number of ether oxygens (including phenoxy) is 2. The van der Waals surface area contributed by atoms with Crippen LogP contribution in [0.25, 0.3) is 0 Å². The van der Waals surface area contributed by atoms with E-state index in [1.54, 1.807) is 13.8 Å². The molecule has 0 radical (unpaired) electrons. The van der Waals surface area contributed by atoms with E-state index in [1.165, 1.54) is 0 Å². The van der Waals surface area contributed by atoms with Crippen LogP contribution in [0, 0.1) is 0 Å². The van der Waals surface area contributed by atoms with Gasteiger partial charge in [0.25, 0.3) is 0 Å². The Morgan fingerprint density at radius 1 is 0.895 bits per heavy atom. The van der Waals surface area contributed by atoms with E-state index in [9.17, 15) is 9.59 Å². The highest BCUT2D eigenvalue weighted by Gasteiger charge is 2.03. The summed E-state index contributed by atoms with van der Waals surface area (Å²) in [4.78, 5) is 22.1. The largest absolute Gasteiger partial charge is 0.462 e. The van der Waals surface area contributed by atoms with Gasteiger partial charge in [0.1, 0.15) is 0 Å². The number of hydrogen-bond acceptors (Lipinski definition) is 4. The molecule has 0 heterocycles. The van der Waals surface area contributed by atoms with Gasteiger partial charge in [0, 0.05) is 20.7 Å². The van der Waals surface area contributed by atoms with Gasteiger partial charge in [-0.3, -0.25) is 0 Å². The van der Waals surface area contributed by atoms with Crippen molar-refractivity contribution in [3.05, 3.63) is 24.3 Å². The van der Waals surface area contributed by atoms with Crippen LogP contribution in [0.2, 0.25) is 12.1 Å². The highest BCUT2D eigenvalue weighted by atomic mass is 28.2. The Labute approximate surface area is 117 Å². The topological polar surface area (TPSA) is 52.6 Å². The van der Waals surface area contributed by atoms with E-state index >= 15 is 0 Å². The molecule has 0 aromatic heterocycles. The van der Waals surface area contributed by atoms with E-state index in [1.807, 2.05) is 0 Å². The normalized spacial score (nSPS) is 9.79. The van der Waals surface area contributed by atoms with Crippen LogP contribution in [-0.4, -0.2) is 34.7 Å². The lowest BCUT2D eigenvalue weighted by Gasteiger charge is -2.05. The molecular formula is C14H24O4Si. The first kappa shape index (κ1) is 17.6. The minimum absolute atomic E-state index is 0.145. The fourth-order valence-corrected chi connectivity index (χ4v) is 2.78. The molecule has 0 aliphatic carbocycles. The van der Waals surface area contributed by atoms with Gasteiger partial charge in [-0.05, 0) is 26.7 Å². The zero-order chi connectivity index (χ0) is 14.7. The number of hydrogen-bond donors (Lipinski definition) is 0. The molecule has 0 amide bonds. The van der Waals surface area contributed by atoms with Crippen LogP contribution >= 0.6 is 0 Å². The van der Waals surface area contributed by atoms with Gasteiger partial charge in [-0.2, -0.15) is 0 Å². The second-order valence-corrected chi connectivity index (χ2v) is 6.72. The Bertz CT molecular complexity index is 304. The van der Waals surface area contributed by atoms with Gasteiger partial charge in [-0.25, -0.2) is 9.59 Å². The van der Waals surface area contributed by atoms with E-state index in [2.05, 4.69) is 13.2 Å². The second-order valence-electron chi connectivity index (χ2n) is 4.60. The molecular weight excluding hydrogens is 260 g/mol. The average molecular weight is 284 g/mol. The lowest BCUT2D eigenvalue weighted by Crippen LogP contribution is -2.08. The van der Waals surface area contributed by atoms with Crippen molar-refractivity contribution in [3.63, 3.8) is 0 Å². The maximum Gasteiger partial charge on any atom is 0.333 e. The summed E-state index contributed by atoms with van der Waals surface area (Å²) >= 11 is 0. The lowest BCUT2D eigenvalue weighted by molar-refractivity contribution is -0.139. The van der Waals surface area contributed by atoms with Crippen molar-refractivity contribution in [3.8, 4) is 0 Å². The summed E-state index contributed by atoms with van der Waals surface area (Å²) in [6.45, 7) is 11.3. The Hall–Kier alpha value is -1.36. The molecule has 0 unspecified atom stereocenters. The molecule has 0 aliphatic rings. The zero-order valence-electron chi connectivity index (χ0n) is 12.0. The van der Waals surface area contributed by atoms with Crippen LogP contribution in [0.5, 0.6) is 0 Å². The molecule has 108 valence electrons. The average Bonchev–Trinajstić information content (AvgIpc) is 2.35. The Kier molecular flexibility index (Phi) is 9.79. The lowest BCUT2D eigenvalue weighted by atomic mass is 10.4. The quantitative estimate of drug-likeness (QED) is 0.266. The minimum atomic E-state index is -0.312. The first-order chi connectivity index (χ1) is 8.95. The molecule has 19 heavy (non-hydrogen) atoms. The molecule has 0 aliphatic heterocycles. The monoisotopic (exact) mass is 284 g/mol. The zero-order valence-corrected chi connectivity index (χ0v) is 13.4. The smallest absolute Gasteiger partial charge is 0.333 e. The Morgan fingerprint density at radius 3 is 1.58 bits per heavy atom. The van der Waals surface area contributed by atoms with Crippen molar-refractivity contribution in [2.45, 2.75) is 38.8 Å². The number of esters is 2. The van der Waals surface area contributed by atoms with Crippen LogP contribution in [0.1, 0.15) is 26.7 Å². The molecule has 5 heteroatoms. The molecule has 0 saturated carbocycles. The van der Waals surface area contributed by atoms with Crippen LogP contribution in [0.3, 0.4) is 0 Å². The third-order valence-electron chi connectivity index (χ3n) is 2.45. The van der Waals surface area contributed by atoms with Crippen LogP contribution in [0.4, 0.5) is 0 Å². The van der Waals surface area contributed by atoms with E-state index in [-0.39, 0.29) is 21.5 Å². The molecule has 0 spiro atoms. The molecule has 0 rings (SSSR count). The van der Waals surface area contributed by atoms with Gasteiger partial charge >= 0.3 is 11.9 Å². The highest BCUT2D eigenvalue weighted by Crippen LogP contribution is 2.00. The summed E-state index contributed by atoms with van der Waals surface area (Å²) in [5.74, 6) is -0.623. The van der Waals surface area contributed by atoms with Crippen molar-refractivity contribution in [2.75, 3.05) is 13.2 Å². The van der Waals surface area contributed by atoms with Crippen LogP contribution in [0.15, 0.2) is 24.3 Å². The summed E-state index contributed by atoms with van der Waals surface area (Å²) in [6.07, 6.45) is 1.83. The third kappa shape index (κ3) is 10.3. The van der Waals surface area contributed by atoms with Crippen LogP contribution in [-0.2, 0) is 19.1 Å². The third-order valence-corrected chi connectivity index (χ3v) is 4.45. The molecule has 0 atom stereocenters. The van der Waals surface area contributed by atoms with Crippen molar-refractivity contribution in [1.82, 2.24) is 0 Å². The summed E-state index contributed by atoms with van der Waals surface area (Å²) in [5.41, 5.74) is 0.883. The number of carbonyl (C=O) groups is 2. The maximum atomic E-state index is 11.1. The van der Waals surface area contributed by atoms with Gasteiger partial charge in [0.15, 0.2) is 0 Å². The number of carbonyl (C=O) groups excluding carboxylic acids is 2. The SMILES string of the molecule is C=C(C)C(=O)OCCC[SiH2]CCCOC(=O)C(=C)C. The van der Waals surface area contributed by atoms with Gasteiger partial charge in [-0.1, -0.05) is 25.2 Å². The standard InChI is InChI=1S/C14H24O4Si/c1-11(2)13(15)17-7-5-9-19-10-6-8-18-14(16)12(3)4/h1,3,5-10,19H2,2,4H3. The predicted octanol–water partition coefficient (Wildman–Crippen LogP) is 2.01. The Morgan fingerprint density at radius 2 is 1.26 bits per heavy atom. The molecule has 0 bridgehead atoms. The predicted molar refractivity (Wildman–Crippen MR) is 78.9 cm³/mol. The minimum Gasteiger partial charge on any atom is -0.462 e. The summed E-state index contributed by atoms with van der Waals surface area (Å²) < 4.78 is 9.99. The van der Waals surface area contributed by atoms with Crippen molar-refractivity contribution >= 4 is 21.5 Å². The fraction of sp³-hybridized carbons (Fsp3) is 0.571. The van der Waals surface area contributed by atoms with Crippen molar-refractivity contribution < 1.29 is 19.1 Å².